The summed E-state index contributed by atoms with van der Waals surface area (Å²) in [4.78, 5) is 26.7. The molecule has 1 unspecified atom stereocenters. The molecule has 2 aromatic rings. The molecule has 24 heavy (non-hydrogen) atoms. The second kappa shape index (κ2) is 7.36. The fourth-order valence-corrected chi connectivity index (χ4v) is 2.83. The molecule has 2 aromatic carbocycles. The first-order chi connectivity index (χ1) is 11.6. The summed E-state index contributed by atoms with van der Waals surface area (Å²) >= 11 is 0. The summed E-state index contributed by atoms with van der Waals surface area (Å²) in [5, 5.41) is 0. The van der Waals surface area contributed by atoms with E-state index in [0.29, 0.717) is 25.3 Å². The molecule has 4 nitrogen and oxygen atoms in total. The van der Waals surface area contributed by atoms with Gasteiger partial charge in [0.05, 0.1) is 19.3 Å². The number of benzene rings is 2. The number of carbonyl (C=O) groups is 2. The van der Waals surface area contributed by atoms with Crippen LogP contribution in [0.25, 0.3) is 0 Å². The predicted octanol–water partition coefficient (Wildman–Crippen LogP) is 2.94. The number of halogens is 1. The van der Waals surface area contributed by atoms with E-state index in [0.717, 1.165) is 0 Å². The molecule has 5 heteroatoms. The Hall–Kier alpha value is -2.53. The summed E-state index contributed by atoms with van der Waals surface area (Å²) in [7, 11) is 0. The largest absolute Gasteiger partial charge is 0.377 e. The molecule has 1 amide bonds. The van der Waals surface area contributed by atoms with Crippen LogP contribution in [0.2, 0.25) is 0 Å². The average molecular weight is 327 g/mol. The third kappa shape index (κ3) is 3.68. The topological polar surface area (TPSA) is 46.6 Å². The van der Waals surface area contributed by atoms with Gasteiger partial charge in [-0.15, -0.1) is 0 Å². The first kappa shape index (κ1) is 16.3. The first-order valence-corrected chi connectivity index (χ1v) is 7.87. The molecular formula is C19H18FNO3. The van der Waals surface area contributed by atoms with E-state index in [4.69, 9.17) is 4.74 Å². The van der Waals surface area contributed by atoms with Crippen LogP contribution < -0.4 is 0 Å². The zero-order valence-corrected chi connectivity index (χ0v) is 13.2. The standard InChI is InChI=1S/C19H18FNO3/c20-16-8-4-7-15(11-16)19(23)21-9-10-24-13-17(21)12-18(22)14-5-2-1-3-6-14/h1-8,11,17H,9-10,12-13H2. The highest BCUT2D eigenvalue weighted by Gasteiger charge is 2.30. The van der Waals surface area contributed by atoms with Gasteiger partial charge in [-0.2, -0.15) is 0 Å². The molecule has 1 saturated heterocycles. The Morgan fingerprint density at radius 1 is 1.08 bits per heavy atom. The number of hydrogen-bond donors (Lipinski definition) is 0. The van der Waals surface area contributed by atoms with Crippen molar-refractivity contribution in [1.29, 1.82) is 0 Å². The van der Waals surface area contributed by atoms with E-state index in [-0.39, 0.29) is 29.7 Å². The van der Waals surface area contributed by atoms with Gasteiger partial charge in [0.15, 0.2) is 5.78 Å². The van der Waals surface area contributed by atoms with Crippen LogP contribution in [0.1, 0.15) is 27.1 Å². The van der Waals surface area contributed by atoms with Gasteiger partial charge in [-0.05, 0) is 18.2 Å². The summed E-state index contributed by atoms with van der Waals surface area (Å²) in [5.41, 5.74) is 0.898. The molecule has 0 aliphatic carbocycles. The second-order valence-electron chi connectivity index (χ2n) is 5.73. The van der Waals surface area contributed by atoms with E-state index in [2.05, 4.69) is 0 Å². The maximum atomic E-state index is 13.4. The maximum absolute atomic E-state index is 13.4. The molecular weight excluding hydrogens is 309 g/mol. The normalized spacial score (nSPS) is 17.5. The Balaban J connectivity index is 1.76. The van der Waals surface area contributed by atoms with Crippen molar-refractivity contribution in [2.24, 2.45) is 0 Å². The van der Waals surface area contributed by atoms with Crippen molar-refractivity contribution >= 4 is 11.7 Å². The van der Waals surface area contributed by atoms with Gasteiger partial charge in [0, 0.05) is 24.1 Å². The Morgan fingerprint density at radius 3 is 2.58 bits per heavy atom. The Morgan fingerprint density at radius 2 is 1.83 bits per heavy atom. The van der Waals surface area contributed by atoms with Crippen molar-refractivity contribution in [2.45, 2.75) is 12.5 Å². The maximum Gasteiger partial charge on any atom is 0.254 e. The minimum absolute atomic E-state index is 0.0388. The molecule has 1 fully saturated rings. The second-order valence-corrected chi connectivity index (χ2v) is 5.73. The lowest BCUT2D eigenvalue weighted by molar-refractivity contribution is -0.00283. The molecule has 1 aliphatic heterocycles. The minimum Gasteiger partial charge on any atom is -0.377 e. The molecule has 0 aromatic heterocycles. The Bertz CT molecular complexity index is 732. The molecule has 0 saturated carbocycles. The number of rotatable bonds is 4. The Labute approximate surface area is 139 Å². The molecule has 0 spiro atoms. The summed E-state index contributed by atoms with van der Waals surface area (Å²) < 4.78 is 18.8. The number of amides is 1. The minimum atomic E-state index is -0.453. The van der Waals surface area contributed by atoms with Crippen LogP contribution in [0.4, 0.5) is 4.39 Å². The number of ketones is 1. The van der Waals surface area contributed by atoms with Crippen LogP contribution in [0.5, 0.6) is 0 Å². The number of ether oxygens (including phenoxy) is 1. The molecule has 0 radical (unpaired) electrons. The van der Waals surface area contributed by atoms with Gasteiger partial charge in [0.1, 0.15) is 5.82 Å². The van der Waals surface area contributed by atoms with Gasteiger partial charge in [-0.1, -0.05) is 36.4 Å². The molecule has 124 valence electrons. The van der Waals surface area contributed by atoms with Gasteiger partial charge in [-0.3, -0.25) is 9.59 Å². The third-order valence-electron chi connectivity index (χ3n) is 4.08. The van der Waals surface area contributed by atoms with Gasteiger partial charge < -0.3 is 9.64 Å². The summed E-state index contributed by atoms with van der Waals surface area (Å²) in [6, 6.07) is 14.2. The van der Waals surface area contributed by atoms with E-state index in [1.54, 1.807) is 35.2 Å². The number of morpholine rings is 1. The van der Waals surface area contributed by atoms with E-state index in [9.17, 15) is 14.0 Å². The summed E-state index contributed by atoms with van der Waals surface area (Å²) in [5.74, 6) is -0.766. The van der Waals surface area contributed by atoms with Gasteiger partial charge in [0.25, 0.3) is 5.91 Å². The zero-order chi connectivity index (χ0) is 16.9. The smallest absolute Gasteiger partial charge is 0.254 e. The van der Waals surface area contributed by atoms with Crippen molar-refractivity contribution in [3.8, 4) is 0 Å². The van der Waals surface area contributed by atoms with Crippen molar-refractivity contribution in [3.63, 3.8) is 0 Å². The Kier molecular flexibility index (Phi) is 5.01. The van der Waals surface area contributed by atoms with Gasteiger partial charge in [0.2, 0.25) is 0 Å². The SMILES string of the molecule is O=C(CC1COCCN1C(=O)c1cccc(F)c1)c1ccccc1. The number of Topliss-reactive ketones (excluding diaryl/α,β-unsaturated/α-hetero) is 1. The van der Waals surface area contributed by atoms with Crippen LogP contribution in [-0.2, 0) is 4.74 Å². The summed E-state index contributed by atoms with van der Waals surface area (Å²) in [6.45, 7) is 1.11. The lowest BCUT2D eigenvalue weighted by Crippen LogP contribution is -2.49. The van der Waals surface area contributed by atoms with Crippen molar-refractivity contribution < 1.29 is 18.7 Å². The highest BCUT2D eigenvalue weighted by Crippen LogP contribution is 2.18. The first-order valence-electron chi connectivity index (χ1n) is 7.87. The van der Waals surface area contributed by atoms with Gasteiger partial charge in [-0.25, -0.2) is 4.39 Å². The molecule has 0 bridgehead atoms. The lowest BCUT2D eigenvalue weighted by atomic mass is 10.0. The van der Waals surface area contributed by atoms with Crippen LogP contribution >= 0.6 is 0 Å². The number of carbonyl (C=O) groups excluding carboxylic acids is 2. The van der Waals surface area contributed by atoms with E-state index >= 15 is 0 Å². The predicted molar refractivity (Wildman–Crippen MR) is 87.4 cm³/mol. The fraction of sp³-hybridized carbons (Fsp3) is 0.263. The average Bonchev–Trinajstić information content (AvgIpc) is 2.62. The molecule has 3 rings (SSSR count). The lowest BCUT2D eigenvalue weighted by Gasteiger charge is -2.35. The van der Waals surface area contributed by atoms with Crippen LogP contribution in [0.15, 0.2) is 54.6 Å². The van der Waals surface area contributed by atoms with E-state index in [1.165, 1.54) is 18.2 Å². The number of hydrogen-bond acceptors (Lipinski definition) is 3. The van der Waals surface area contributed by atoms with Crippen LogP contribution in [0, 0.1) is 5.82 Å². The van der Waals surface area contributed by atoms with Crippen molar-refractivity contribution in [2.75, 3.05) is 19.8 Å². The highest BCUT2D eigenvalue weighted by molar-refractivity contribution is 5.98. The van der Waals surface area contributed by atoms with E-state index < -0.39 is 5.82 Å². The molecule has 0 N–H and O–H groups in total. The van der Waals surface area contributed by atoms with Crippen LogP contribution in [0.3, 0.4) is 0 Å². The van der Waals surface area contributed by atoms with Gasteiger partial charge >= 0.3 is 0 Å². The molecule has 1 aliphatic rings. The summed E-state index contributed by atoms with van der Waals surface area (Å²) in [6.07, 6.45) is 0.186. The quantitative estimate of drug-likeness (QED) is 0.811. The third-order valence-corrected chi connectivity index (χ3v) is 4.08. The number of nitrogens with zero attached hydrogens (tertiary/aromatic N) is 1. The van der Waals surface area contributed by atoms with E-state index in [1.807, 2.05) is 6.07 Å². The molecule has 1 atom stereocenters. The monoisotopic (exact) mass is 327 g/mol. The van der Waals surface area contributed by atoms with Crippen LogP contribution in [-0.4, -0.2) is 42.4 Å². The fourth-order valence-electron chi connectivity index (χ4n) is 2.83. The highest BCUT2D eigenvalue weighted by atomic mass is 19.1. The van der Waals surface area contributed by atoms with Crippen molar-refractivity contribution in [3.05, 3.63) is 71.5 Å². The van der Waals surface area contributed by atoms with Crippen molar-refractivity contribution in [1.82, 2.24) is 4.90 Å². The molecule has 1 heterocycles. The zero-order valence-electron chi connectivity index (χ0n) is 13.2.